The molecule has 2 aliphatic rings. The quantitative estimate of drug-likeness (QED) is 0.605. The largest absolute Gasteiger partial charge is 0.509 e. The first-order valence-corrected chi connectivity index (χ1v) is 8.48. The minimum absolute atomic E-state index is 0.444. The maximum atomic E-state index is 11.8. The molecular weight excluding hydrogens is 318 g/mol. The van der Waals surface area contributed by atoms with E-state index in [4.69, 9.17) is 14.2 Å². The number of fused-ring (bicyclic) bond motifs is 6. The number of ether oxygens (including phenoxy) is 3. The number of benzene rings is 2. The van der Waals surface area contributed by atoms with Crippen LogP contribution in [-0.4, -0.2) is 22.8 Å². The maximum absolute atomic E-state index is 11.8. The van der Waals surface area contributed by atoms with E-state index >= 15 is 0 Å². The topological polar surface area (TPSA) is 60.5 Å². The van der Waals surface area contributed by atoms with E-state index in [2.05, 4.69) is 24.0 Å². The summed E-state index contributed by atoms with van der Waals surface area (Å²) >= 11 is 0. The Labute approximate surface area is 144 Å². The third-order valence-corrected chi connectivity index (χ3v) is 5.50. The van der Waals surface area contributed by atoms with E-state index in [1.54, 1.807) is 0 Å². The second-order valence-corrected chi connectivity index (χ2v) is 7.45. The molecule has 0 bridgehead atoms. The highest BCUT2D eigenvalue weighted by Crippen LogP contribution is 2.51. The van der Waals surface area contributed by atoms with E-state index in [1.807, 2.05) is 32.9 Å². The second-order valence-electron chi connectivity index (χ2n) is 7.45. The van der Waals surface area contributed by atoms with E-state index in [9.17, 15) is 4.79 Å². The molecule has 5 nitrogen and oxygen atoms in total. The Hall–Kier alpha value is -2.69. The summed E-state index contributed by atoms with van der Waals surface area (Å²) in [6, 6.07) is 8.24. The average Bonchev–Trinajstić information content (AvgIpc) is 3.13. The number of nitrogens with one attached hydrogen (secondary N) is 1. The summed E-state index contributed by atoms with van der Waals surface area (Å²) in [5, 5.41) is 2.33. The molecule has 0 radical (unpaired) electrons. The average molecular weight is 337 g/mol. The molecule has 1 saturated heterocycles. The molecule has 5 rings (SSSR count). The molecule has 5 heteroatoms. The lowest BCUT2D eigenvalue weighted by atomic mass is 9.84. The number of carbonyl (C=O) groups excluding carboxylic acids is 1. The smallest absolute Gasteiger partial charge is 0.483 e. The number of carbonyl (C=O) groups is 1. The SMILES string of the molecule is Cc1c2c(c(C)c3c1[nH]c1ccccc13)OC(C)(C)[C@@H]1OC(=O)O[C@H]21. The Balaban J connectivity index is 1.90. The summed E-state index contributed by atoms with van der Waals surface area (Å²) in [5.41, 5.74) is 4.50. The molecular formula is C20H19NO4. The number of aromatic amines is 1. The van der Waals surface area contributed by atoms with Gasteiger partial charge < -0.3 is 19.2 Å². The summed E-state index contributed by atoms with van der Waals surface area (Å²) in [5.74, 6) is 0.805. The zero-order valence-corrected chi connectivity index (χ0v) is 14.6. The van der Waals surface area contributed by atoms with Crippen molar-refractivity contribution in [1.29, 1.82) is 0 Å². The number of hydrogen-bond acceptors (Lipinski definition) is 4. The normalized spacial score (nSPS) is 23.8. The molecule has 3 aromatic rings. The Kier molecular flexibility index (Phi) is 2.62. The maximum Gasteiger partial charge on any atom is 0.509 e. The van der Waals surface area contributed by atoms with Crippen molar-refractivity contribution in [3.8, 4) is 5.75 Å². The summed E-state index contributed by atoms with van der Waals surface area (Å²) in [6.07, 6.45) is -1.53. The van der Waals surface area contributed by atoms with Crippen LogP contribution < -0.4 is 4.74 Å². The molecule has 0 spiro atoms. The molecule has 0 saturated carbocycles. The van der Waals surface area contributed by atoms with Gasteiger partial charge in [0.05, 0.1) is 5.52 Å². The van der Waals surface area contributed by atoms with Crippen LogP contribution in [0.2, 0.25) is 0 Å². The van der Waals surface area contributed by atoms with Crippen molar-refractivity contribution in [3.63, 3.8) is 0 Å². The molecule has 1 fully saturated rings. The van der Waals surface area contributed by atoms with Gasteiger partial charge in [-0.2, -0.15) is 0 Å². The minimum Gasteiger partial charge on any atom is -0.483 e. The van der Waals surface area contributed by atoms with Crippen LogP contribution >= 0.6 is 0 Å². The molecule has 0 unspecified atom stereocenters. The van der Waals surface area contributed by atoms with Gasteiger partial charge in [0.15, 0.2) is 12.2 Å². The van der Waals surface area contributed by atoms with Gasteiger partial charge in [-0.1, -0.05) is 18.2 Å². The van der Waals surface area contributed by atoms with Crippen LogP contribution in [0.15, 0.2) is 24.3 Å². The van der Waals surface area contributed by atoms with Gasteiger partial charge in [0, 0.05) is 27.4 Å². The fraction of sp³-hybridized carbons (Fsp3) is 0.350. The lowest BCUT2D eigenvalue weighted by Crippen LogP contribution is -2.48. The van der Waals surface area contributed by atoms with Crippen molar-refractivity contribution in [2.24, 2.45) is 0 Å². The van der Waals surface area contributed by atoms with Crippen LogP contribution in [0, 0.1) is 13.8 Å². The molecule has 1 N–H and O–H groups in total. The van der Waals surface area contributed by atoms with Crippen molar-refractivity contribution in [3.05, 3.63) is 41.0 Å². The first-order chi connectivity index (χ1) is 11.9. The van der Waals surface area contributed by atoms with Gasteiger partial charge in [0.25, 0.3) is 0 Å². The van der Waals surface area contributed by atoms with Crippen LogP contribution in [0.5, 0.6) is 5.75 Å². The number of para-hydroxylation sites is 1. The highest BCUT2D eigenvalue weighted by molar-refractivity contribution is 6.11. The highest BCUT2D eigenvalue weighted by atomic mass is 16.8. The van der Waals surface area contributed by atoms with Crippen LogP contribution in [0.4, 0.5) is 4.79 Å². The van der Waals surface area contributed by atoms with Crippen molar-refractivity contribution < 1.29 is 19.0 Å². The molecule has 128 valence electrons. The van der Waals surface area contributed by atoms with Crippen molar-refractivity contribution in [2.75, 3.05) is 0 Å². The molecule has 0 aliphatic carbocycles. The molecule has 1 aromatic heterocycles. The Morgan fingerprint density at radius 3 is 2.64 bits per heavy atom. The highest BCUT2D eigenvalue weighted by Gasteiger charge is 2.54. The lowest BCUT2D eigenvalue weighted by Gasteiger charge is -2.39. The summed E-state index contributed by atoms with van der Waals surface area (Å²) in [4.78, 5) is 15.3. The minimum atomic E-state index is -0.652. The standard InChI is InChI=1S/C20H19NO4/c1-9-14-16(25-20(3,4)18-17(14)23-19(22)24-18)10(2)13-11-7-5-6-8-12(11)21-15(9)13/h5-8,17-18,21H,1-4H3/t17-,18-/m1/s1. The molecule has 2 atom stereocenters. The van der Waals surface area contributed by atoms with Gasteiger partial charge in [0.1, 0.15) is 11.4 Å². The van der Waals surface area contributed by atoms with Crippen molar-refractivity contribution >= 4 is 28.0 Å². The van der Waals surface area contributed by atoms with Crippen molar-refractivity contribution in [2.45, 2.75) is 45.5 Å². The van der Waals surface area contributed by atoms with E-state index < -0.39 is 24.0 Å². The monoisotopic (exact) mass is 337 g/mol. The van der Waals surface area contributed by atoms with Crippen LogP contribution in [0.25, 0.3) is 21.8 Å². The van der Waals surface area contributed by atoms with Crippen molar-refractivity contribution in [1.82, 2.24) is 4.98 Å². The van der Waals surface area contributed by atoms with E-state index in [0.717, 1.165) is 38.9 Å². The molecule has 3 heterocycles. The van der Waals surface area contributed by atoms with Crippen LogP contribution in [-0.2, 0) is 9.47 Å². The van der Waals surface area contributed by atoms with E-state index in [1.165, 1.54) is 5.39 Å². The Morgan fingerprint density at radius 2 is 1.84 bits per heavy atom. The lowest BCUT2D eigenvalue weighted by molar-refractivity contribution is -0.0508. The van der Waals surface area contributed by atoms with Gasteiger partial charge in [-0.15, -0.1) is 0 Å². The van der Waals surface area contributed by atoms with Gasteiger partial charge in [-0.25, -0.2) is 4.79 Å². The summed E-state index contributed by atoms with van der Waals surface area (Å²) in [6.45, 7) is 7.98. The number of rotatable bonds is 0. The number of hydrogen-bond donors (Lipinski definition) is 1. The molecule has 0 amide bonds. The fourth-order valence-corrected chi connectivity index (χ4v) is 4.30. The van der Waals surface area contributed by atoms with E-state index in [0.29, 0.717) is 0 Å². The third-order valence-electron chi connectivity index (χ3n) is 5.50. The van der Waals surface area contributed by atoms with Gasteiger partial charge in [-0.05, 0) is 39.3 Å². The summed E-state index contributed by atoms with van der Waals surface area (Å²) in [7, 11) is 0. The van der Waals surface area contributed by atoms with Crippen LogP contribution in [0.1, 0.15) is 36.6 Å². The molecule has 25 heavy (non-hydrogen) atoms. The van der Waals surface area contributed by atoms with E-state index in [-0.39, 0.29) is 0 Å². The summed E-state index contributed by atoms with van der Waals surface area (Å²) < 4.78 is 17.3. The Morgan fingerprint density at radius 1 is 1.08 bits per heavy atom. The number of aryl methyl sites for hydroxylation is 2. The predicted octanol–water partition coefficient (Wildman–Crippen LogP) is 4.69. The Bertz CT molecular complexity index is 1060. The van der Waals surface area contributed by atoms with Crippen LogP contribution in [0.3, 0.4) is 0 Å². The second kappa shape index (κ2) is 4.48. The van der Waals surface area contributed by atoms with Gasteiger partial charge in [0.2, 0.25) is 0 Å². The molecule has 2 aliphatic heterocycles. The predicted molar refractivity (Wildman–Crippen MR) is 94.1 cm³/mol. The first-order valence-electron chi connectivity index (χ1n) is 8.48. The third kappa shape index (κ3) is 1.75. The molecule has 2 aromatic carbocycles. The van der Waals surface area contributed by atoms with Gasteiger partial charge in [-0.3, -0.25) is 0 Å². The van der Waals surface area contributed by atoms with Gasteiger partial charge >= 0.3 is 6.16 Å². The zero-order chi connectivity index (χ0) is 17.5. The number of aromatic nitrogens is 1. The number of H-pyrrole nitrogens is 1. The zero-order valence-electron chi connectivity index (χ0n) is 14.6. The fourth-order valence-electron chi connectivity index (χ4n) is 4.30. The first kappa shape index (κ1) is 14.6.